The number of hydrogen-bond acceptors (Lipinski definition) is 5. The second-order valence-electron chi connectivity index (χ2n) is 6.13. The molecule has 0 bridgehead atoms. The smallest absolute Gasteiger partial charge is 0.225 e. The molecule has 2 saturated heterocycles. The molecule has 5 nitrogen and oxygen atoms in total. The van der Waals surface area contributed by atoms with Crippen molar-refractivity contribution >= 4 is 5.95 Å². The van der Waals surface area contributed by atoms with Crippen LogP contribution in [0.3, 0.4) is 0 Å². The van der Waals surface area contributed by atoms with Gasteiger partial charge >= 0.3 is 0 Å². The predicted octanol–water partition coefficient (Wildman–Crippen LogP) is 1.47. The van der Waals surface area contributed by atoms with Gasteiger partial charge in [-0.15, -0.1) is 0 Å². The molecule has 21 heavy (non-hydrogen) atoms. The summed E-state index contributed by atoms with van der Waals surface area (Å²) in [6.45, 7) is 9.53. The van der Waals surface area contributed by atoms with Gasteiger partial charge in [-0.25, -0.2) is 9.97 Å². The summed E-state index contributed by atoms with van der Waals surface area (Å²) in [4.78, 5) is 16.2. The molecule has 0 unspecified atom stereocenters. The van der Waals surface area contributed by atoms with Crippen LogP contribution in [0.2, 0.25) is 0 Å². The van der Waals surface area contributed by atoms with Crippen LogP contribution in [0, 0.1) is 0 Å². The summed E-state index contributed by atoms with van der Waals surface area (Å²) >= 11 is 0. The molecule has 2 aliphatic rings. The van der Waals surface area contributed by atoms with Crippen molar-refractivity contribution in [1.82, 2.24) is 19.8 Å². The quantitative estimate of drug-likeness (QED) is 0.820. The lowest BCUT2D eigenvalue weighted by Crippen LogP contribution is -2.47. The summed E-state index contributed by atoms with van der Waals surface area (Å²) < 4.78 is 0. The number of aromatic nitrogens is 2. The van der Waals surface area contributed by atoms with E-state index >= 15 is 0 Å². The monoisotopic (exact) mass is 289 g/mol. The molecule has 0 atom stereocenters. The third-order valence-electron chi connectivity index (χ3n) is 4.60. The molecule has 0 aromatic carbocycles. The molecule has 0 N–H and O–H groups in total. The highest BCUT2D eigenvalue weighted by molar-refractivity contribution is 5.29. The van der Waals surface area contributed by atoms with Crippen LogP contribution in [0.5, 0.6) is 0 Å². The van der Waals surface area contributed by atoms with Crippen molar-refractivity contribution in [3.8, 4) is 0 Å². The zero-order valence-electron chi connectivity index (χ0n) is 13.0. The van der Waals surface area contributed by atoms with E-state index in [2.05, 4.69) is 24.7 Å². The van der Waals surface area contributed by atoms with Crippen molar-refractivity contribution in [1.29, 1.82) is 0 Å². The number of anilines is 1. The Balaban J connectivity index is 1.34. The van der Waals surface area contributed by atoms with Crippen LogP contribution in [0.25, 0.3) is 0 Å². The van der Waals surface area contributed by atoms with Gasteiger partial charge in [0.25, 0.3) is 0 Å². The maximum absolute atomic E-state index is 4.34. The van der Waals surface area contributed by atoms with Crippen LogP contribution in [-0.2, 0) is 0 Å². The number of likely N-dealkylation sites (tertiary alicyclic amines) is 1. The Morgan fingerprint density at radius 2 is 1.38 bits per heavy atom. The minimum atomic E-state index is 0.880. The summed E-state index contributed by atoms with van der Waals surface area (Å²) in [6, 6.07) is 1.88. The molecule has 0 saturated carbocycles. The van der Waals surface area contributed by atoms with Crippen LogP contribution in [-0.4, -0.2) is 72.1 Å². The lowest BCUT2D eigenvalue weighted by atomic mass is 10.1. The van der Waals surface area contributed by atoms with Crippen LogP contribution in [0.1, 0.15) is 25.7 Å². The lowest BCUT2D eigenvalue weighted by molar-refractivity contribution is 0.198. The summed E-state index contributed by atoms with van der Waals surface area (Å²) in [5, 5.41) is 0. The van der Waals surface area contributed by atoms with Crippen LogP contribution < -0.4 is 4.90 Å². The Morgan fingerprint density at radius 3 is 2.05 bits per heavy atom. The van der Waals surface area contributed by atoms with E-state index in [0.717, 1.165) is 32.1 Å². The number of piperazine rings is 1. The fraction of sp³-hybridized carbons (Fsp3) is 0.750. The zero-order chi connectivity index (χ0) is 14.3. The third-order valence-corrected chi connectivity index (χ3v) is 4.60. The first-order valence-corrected chi connectivity index (χ1v) is 8.38. The second-order valence-corrected chi connectivity index (χ2v) is 6.13. The minimum Gasteiger partial charge on any atom is -0.338 e. The van der Waals surface area contributed by atoms with Gasteiger partial charge in [-0.1, -0.05) is 6.42 Å². The van der Waals surface area contributed by atoms with E-state index in [-0.39, 0.29) is 0 Å². The first-order valence-electron chi connectivity index (χ1n) is 8.38. The molecule has 2 fully saturated rings. The Bertz CT molecular complexity index is 396. The van der Waals surface area contributed by atoms with E-state index in [1.807, 2.05) is 18.5 Å². The number of nitrogens with zero attached hydrogens (tertiary/aromatic N) is 5. The van der Waals surface area contributed by atoms with Gasteiger partial charge in [0.2, 0.25) is 5.95 Å². The van der Waals surface area contributed by atoms with Crippen LogP contribution in [0.15, 0.2) is 18.5 Å². The molecule has 2 aliphatic heterocycles. The van der Waals surface area contributed by atoms with Gasteiger partial charge in [-0.05, 0) is 51.5 Å². The predicted molar refractivity (Wildman–Crippen MR) is 85.6 cm³/mol. The highest BCUT2D eigenvalue weighted by atomic mass is 15.3. The van der Waals surface area contributed by atoms with E-state index in [1.165, 1.54) is 51.9 Å². The lowest BCUT2D eigenvalue weighted by Gasteiger charge is -2.35. The number of rotatable bonds is 5. The van der Waals surface area contributed by atoms with E-state index in [9.17, 15) is 0 Å². The first kappa shape index (κ1) is 14.7. The summed E-state index contributed by atoms with van der Waals surface area (Å²) in [6.07, 6.45) is 9.19. The molecular weight excluding hydrogens is 262 g/mol. The van der Waals surface area contributed by atoms with E-state index in [1.54, 1.807) is 0 Å². The average Bonchev–Trinajstić information content (AvgIpc) is 2.57. The molecule has 0 radical (unpaired) electrons. The fourth-order valence-electron chi connectivity index (χ4n) is 3.33. The number of hydrogen-bond donors (Lipinski definition) is 0. The topological polar surface area (TPSA) is 35.5 Å². The van der Waals surface area contributed by atoms with E-state index < -0.39 is 0 Å². The maximum Gasteiger partial charge on any atom is 0.225 e. The minimum absolute atomic E-state index is 0.880. The molecule has 0 spiro atoms. The van der Waals surface area contributed by atoms with Crippen molar-refractivity contribution in [3.63, 3.8) is 0 Å². The third kappa shape index (κ3) is 4.38. The zero-order valence-corrected chi connectivity index (χ0v) is 13.0. The summed E-state index contributed by atoms with van der Waals surface area (Å²) in [7, 11) is 0. The van der Waals surface area contributed by atoms with Gasteiger partial charge in [-0.3, -0.25) is 4.90 Å². The SMILES string of the molecule is c1cnc(N2CCN(CCCN3CCCCC3)CC2)nc1. The summed E-state index contributed by atoms with van der Waals surface area (Å²) in [5.74, 6) is 0.880. The molecular formula is C16H27N5. The Morgan fingerprint density at radius 1 is 0.762 bits per heavy atom. The van der Waals surface area contributed by atoms with Crippen LogP contribution >= 0.6 is 0 Å². The average molecular weight is 289 g/mol. The highest BCUT2D eigenvalue weighted by Crippen LogP contribution is 2.11. The van der Waals surface area contributed by atoms with Crippen LogP contribution in [0.4, 0.5) is 5.95 Å². The first-order chi connectivity index (χ1) is 10.4. The van der Waals surface area contributed by atoms with Crippen molar-refractivity contribution in [3.05, 3.63) is 18.5 Å². The Labute approximate surface area is 128 Å². The van der Waals surface area contributed by atoms with Gasteiger partial charge in [-0.2, -0.15) is 0 Å². The molecule has 0 amide bonds. The largest absolute Gasteiger partial charge is 0.338 e. The maximum atomic E-state index is 4.34. The van der Waals surface area contributed by atoms with Crippen molar-refractivity contribution in [2.24, 2.45) is 0 Å². The van der Waals surface area contributed by atoms with Gasteiger partial charge in [0, 0.05) is 38.6 Å². The van der Waals surface area contributed by atoms with E-state index in [4.69, 9.17) is 0 Å². The van der Waals surface area contributed by atoms with Gasteiger partial charge in [0.1, 0.15) is 0 Å². The molecule has 3 rings (SSSR count). The van der Waals surface area contributed by atoms with Crippen molar-refractivity contribution in [2.75, 3.05) is 57.3 Å². The van der Waals surface area contributed by atoms with Gasteiger partial charge in [0.15, 0.2) is 0 Å². The molecule has 3 heterocycles. The molecule has 116 valence electrons. The Kier molecular flexibility index (Phi) is 5.40. The molecule has 0 aliphatic carbocycles. The number of piperidine rings is 1. The standard InChI is InChI=1S/C16H27N5/c1-2-8-19(9-3-1)10-5-11-20-12-14-21(15-13-20)16-17-6-4-7-18-16/h4,6-7H,1-3,5,8-15H2. The Hall–Kier alpha value is -1.20. The highest BCUT2D eigenvalue weighted by Gasteiger charge is 2.18. The summed E-state index contributed by atoms with van der Waals surface area (Å²) in [5.41, 5.74) is 0. The van der Waals surface area contributed by atoms with Gasteiger partial charge in [0.05, 0.1) is 0 Å². The molecule has 5 heteroatoms. The van der Waals surface area contributed by atoms with Crippen molar-refractivity contribution in [2.45, 2.75) is 25.7 Å². The molecule has 1 aromatic heterocycles. The molecule has 1 aromatic rings. The van der Waals surface area contributed by atoms with E-state index in [0.29, 0.717) is 0 Å². The normalized spacial score (nSPS) is 21.6. The fourth-order valence-corrected chi connectivity index (χ4v) is 3.33. The van der Waals surface area contributed by atoms with Crippen molar-refractivity contribution < 1.29 is 0 Å². The second kappa shape index (κ2) is 7.71. The van der Waals surface area contributed by atoms with Gasteiger partial charge < -0.3 is 9.80 Å².